The lowest BCUT2D eigenvalue weighted by Gasteiger charge is -2.19. The molecule has 0 saturated heterocycles. The number of methoxy groups -OCH3 is 1. The fraction of sp³-hybridized carbons (Fsp3) is 0.440. The molecule has 0 saturated carbocycles. The molecule has 2 atom stereocenters. The Morgan fingerprint density at radius 2 is 1.70 bits per heavy atom. The van der Waals surface area contributed by atoms with Crippen LogP contribution in [0.4, 0.5) is 0 Å². The molecule has 0 aromatic heterocycles. The molecule has 1 amide bonds. The van der Waals surface area contributed by atoms with Gasteiger partial charge in [-0.3, -0.25) is 9.36 Å². The summed E-state index contributed by atoms with van der Waals surface area (Å²) in [6, 6.07) is 7.86. The van der Waals surface area contributed by atoms with Crippen molar-refractivity contribution in [1.29, 1.82) is 0 Å². The maximum absolute atomic E-state index is 12.9. The van der Waals surface area contributed by atoms with Crippen LogP contribution in [0.25, 0.3) is 0 Å². The highest BCUT2D eigenvalue weighted by Gasteiger charge is 2.24. The van der Waals surface area contributed by atoms with Crippen molar-refractivity contribution >= 4 is 19.2 Å². The fourth-order valence-corrected chi connectivity index (χ4v) is 4.79. The Morgan fingerprint density at radius 1 is 1.09 bits per heavy atom. The number of hydrogen-bond donors (Lipinski definition) is 3. The minimum Gasteiger partial charge on any atom is -0.507 e. The number of aryl methyl sites for hydroxylation is 2. The quantitative estimate of drug-likeness (QED) is 0.368. The second-order valence-corrected chi connectivity index (χ2v) is 11.5. The van der Waals surface area contributed by atoms with Gasteiger partial charge in [0.2, 0.25) is 7.37 Å². The summed E-state index contributed by atoms with van der Waals surface area (Å²) in [5, 5.41) is 13.0. The molecular formula is C25H34NO6P. The summed E-state index contributed by atoms with van der Waals surface area (Å²) in [5.74, 6) is -1.08. The number of phenolic OH excluding ortho intramolecular Hbond substituents is 1. The van der Waals surface area contributed by atoms with Crippen LogP contribution in [-0.2, 0) is 26.7 Å². The number of amides is 1. The second kappa shape index (κ2) is 11.0. The standard InChI is InChI=1S/C25H34NO6P/c1-15(2)9-22(25(29)32-5)26-24(28)21-13-18(7-8-23(21)27)12-20-16(3)10-19(11-17(20)4)14-33(6,30)31/h7-8,10-11,13,15,22,27H,9,12,14H2,1-6H3,(H,26,28)(H,30,31). The van der Waals surface area contributed by atoms with E-state index in [0.717, 1.165) is 27.8 Å². The summed E-state index contributed by atoms with van der Waals surface area (Å²) < 4.78 is 16.6. The van der Waals surface area contributed by atoms with Gasteiger partial charge in [-0.2, -0.15) is 0 Å². The molecule has 2 rings (SSSR count). The Bertz CT molecular complexity index is 1050. The van der Waals surface area contributed by atoms with Crippen LogP contribution in [0.2, 0.25) is 0 Å². The van der Waals surface area contributed by atoms with Gasteiger partial charge in [0.15, 0.2) is 0 Å². The number of carbonyl (C=O) groups is 2. The van der Waals surface area contributed by atoms with Crippen molar-refractivity contribution < 1.29 is 28.9 Å². The van der Waals surface area contributed by atoms with Gasteiger partial charge in [0.25, 0.3) is 5.91 Å². The topological polar surface area (TPSA) is 113 Å². The number of rotatable bonds is 9. The maximum atomic E-state index is 12.9. The molecule has 0 aliphatic rings. The molecule has 0 aliphatic carbocycles. The number of esters is 1. The summed E-state index contributed by atoms with van der Waals surface area (Å²) in [5.41, 5.74) is 4.74. The fourth-order valence-electron chi connectivity index (χ4n) is 3.93. The number of carbonyl (C=O) groups excluding carboxylic acids is 2. The van der Waals surface area contributed by atoms with Crippen molar-refractivity contribution in [3.8, 4) is 5.75 Å². The molecule has 0 bridgehead atoms. The van der Waals surface area contributed by atoms with Crippen LogP contribution in [0.5, 0.6) is 5.75 Å². The molecule has 2 aromatic rings. The Kier molecular flexibility index (Phi) is 8.87. The normalized spacial score (nSPS) is 13.9. The summed E-state index contributed by atoms with van der Waals surface area (Å²) in [6.07, 6.45) is 1.06. The van der Waals surface area contributed by atoms with Crippen LogP contribution < -0.4 is 5.32 Å². The van der Waals surface area contributed by atoms with Crippen LogP contribution in [-0.4, -0.2) is 41.7 Å². The van der Waals surface area contributed by atoms with E-state index in [1.54, 1.807) is 12.1 Å². The van der Waals surface area contributed by atoms with E-state index in [1.165, 1.54) is 19.8 Å². The summed E-state index contributed by atoms with van der Waals surface area (Å²) in [4.78, 5) is 34.6. The van der Waals surface area contributed by atoms with Crippen LogP contribution in [0.3, 0.4) is 0 Å². The van der Waals surface area contributed by atoms with Crippen molar-refractivity contribution in [1.82, 2.24) is 5.32 Å². The number of nitrogens with one attached hydrogen (secondary N) is 1. The zero-order chi connectivity index (χ0) is 24.9. The van der Waals surface area contributed by atoms with Crippen molar-refractivity contribution in [2.45, 2.75) is 52.7 Å². The first-order valence-corrected chi connectivity index (χ1v) is 13.2. The molecule has 0 heterocycles. The molecule has 0 fully saturated rings. The molecule has 33 heavy (non-hydrogen) atoms. The van der Waals surface area contributed by atoms with Crippen LogP contribution in [0, 0.1) is 19.8 Å². The van der Waals surface area contributed by atoms with Gasteiger partial charge in [-0.05, 0) is 72.6 Å². The van der Waals surface area contributed by atoms with Gasteiger partial charge in [0, 0.05) is 12.8 Å². The van der Waals surface area contributed by atoms with E-state index < -0.39 is 25.3 Å². The van der Waals surface area contributed by atoms with Gasteiger partial charge in [0.05, 0.1) is 12.7 Å². The lowest BCUT2D eigenvalue weighted by Crippen LogP contribution is -2.42. The zero-order valence-corrected chi connectivity index (χ0v) is 21.0. The van der Waals surface area contributed by atoms with E-state index >= 15 is 0 Å². The van der Waals surface area contributed by atoms with Gasteiger partial charge >= 0.3 is 5.97 Å². The predicted molar refractivity (Wildman–Crippen MR) is 129 cm³/mol. The highest BCUT2D eigenvalue weighted by molar-refractivity contribution is 7.56. The predicted octanol–water partition coefficient (Wildman–Crippen LogP) is 4.32. The van der Waals surface area contributed by atoms with E-state index in [9.17, 15) is 24.2 Å². The van der Waals surface area contributed by atoms with Crippen LogP contribution in [0.1, 0.15) is 58.4 Å². The number of ether oxygens (including phenoxy) is 1. The lowest BCUT2D eigenvalue weighted by atomic mass is 9.93. The highest BCUT2D eigenvalue weighted by atomic mass is 31.2. The Balaban J connectivity index is 2.29. The number of phenols is 1. The third-order valence-electron chi connectivity index (χ3n) is 5.42. The molecule has 7 nitrogen and oxygen atoms in total. The average Bonchev–Trinajstić information content (AvgIpc) is 2.69. The van der Waals surface area contributed by atoms with Crippen LogP contribution in [0.15, 0.2) is 30.3 Å². The molecule has 2 aromatic carbocycles. The van der Waals surface area contributed by atoms with E-state index in [0.29, 0.717) is 12.8 Å². The minimum absolute atomic E-state index is 0.0873. The van der Waals surface area contributed by atoms with Crippen molar-refractivity contribution in [3.05, 3.63) is 63.7 Å². The molecule has 8 heteroatoms. The van der Waals surface area contributed by atoms with E-state index in [1.807, 2.05) is 39.8 Å². The maximum Gasteiger partial charge on any atom is 0.328 e. The van der Waals surface area contributed by atoms with Crippen molar-refractivity contribution in [2.75, 3.05) is 13.8 Å². The minimum atomic E-state index is -3.17. The summed E-state index contributed by atoms with van der Waals surface area (Å²) >= 11 is 0. The number of benzene rings is 2. The Hall–Kier alpha value is -2.63. The summed E-state index contributed by atoms with van der Waals surface area (Å²) in [7, 11) is -1.89. The van der Waals surface area contributed by atoms with Gasteiger partial charge in [0.1, 0.15) is 11.8 Å². The number of hydrogen-bond acceptors (Lipinski definition) is 5. The van der Waals surface area contributed by atoms with Gasteiger partial charge in [-0.25, -0.2) is 4.79 Å². The van der Waals surface area contributed by atoms with E-state index in [-0.39, 0.29) is 23.4 Å². The molecule has 180 valence electrons. The van der Waals surface area contributed by atoms with Gasteiger partial charge in [-0.15, -0.1) is 0 Å². The number of aromatic hydroxyl groups is 1. The first kappa shape index (κ1) is 26.6. The van der Waals surface area contributed by atoms with Crippen molar-refractivity contribution in [2.24, 2.45) is 5.92 Å². The molecule has 0 spiro atoms. The molecule has 0 aliphatic heterocycles. The molecule has 0 radical (unpaired) electrons. The first-order valence-electron chi connectivity index (χ1n) is 10.9. The third-order valence-corrected chi connectivity index (χ3v) is 6.37. The first-order chi connectivity index (χ1) is 15.3. The summed E-state index contributed by atoms with van der Waals surface area (Å²) in [6.45, 7) is 9.13. The molecular weight excluding hydrogens is 441 g/mol. The largest absolute Gasteiger partial charge is 0.507 e. The zero-order valence-electron chi connectivity index (χ0n) is 20.1. The Labute approximate surface area is 195 Å². The van der Waals surface area contributed by atoms with Gasteiger partial charge < -0.3 is 20.1 Å². The van der Waals surface area contributed by atoms with E-state index in [4.69, 9.17) is 4.74 Å². The van der Waals surface area contributed by atoms with E-state index in [2.05, 4.69) is 5.32 Å². The highest BCUT2D eigenvalue weighted by Crippen LogP contribution is 2.40. The Morgan fingerprint density at radius 3 is 2.21 bits per heavy atom. The molecule has 2 unspecified atom stereocenters. The van der Waals surface area contributed by atoms with Crippen molar-refractivity contribution in [3.63, 3.8) is 0 Å². The molecule has 3 N–H and O–H groups in total. The smallest absolute Gasteiger partial charge is 0.328 e. The lowest BCUT2D eigenvalue weighted by molar-refractivity contribution is -0.143. The SMILES string of the molecule is COC(=O)C(CC(C)C)NC(=O)c1cc(Cc2c(C)cc(CP(C)(=O)O)cc2C)ccc1O. The monoisotopic (exact) mass is 475 g/mol. The third kappa shape index (κ3) is 7.72. The van der Waals surface area contributed by atoms with Gasteiger partial charge in [-0.1, -0.05) is 32.0 Å². The average molecular weight is 476 g/mol. The van der Waals surface area contributed by atoms with Crippen LogP contribution >= 0.6 is 7.37 Å². The second-order valence-electron chi connectivity index (χ2n) is 9.12.